The minimum absolute atomic E-state index is 0.638. The van der Waals surface area contributed by atoms with Gasteiger partial charge in [-0.25, -0.2) is 4.98 Å². The molecule has 0 amide bonds. The summed E-state index contributed by atoms with van der Waals surface area (Å²) in [7, 11) is 0. The van der Waals surface area contributed by atoms with Crippen molar-refractivity contribution >= 4 is 82.2 Å². The lowest BCUT2D eigenvalue weighted by Gasteiger charge is -2.17. The third-order valence-corrected chi connectivity index (χ3v) is 13.5. The molecule has 0 saturated carbocycles. The van der Waals surface area contributed by atoms with E-state index in [4.69, 9.17) is 18.6 Å². The maximum Gasteiger partial charge on any atom is 0.269 e. The second-order valence-electron chi connectivity index (χ2n) is 17.2. The zero-order valence-corrected chi connectivity index (χ0v) is 35.6. The Kier molecular flexibility index (Phi) is 7.37. The fourth-order valence-electron chi connectivity index (χ4n) is 10.7. The van der Waals surface area contributed by atoms with Crippen molar-refractivity contribution in [1.29, 1.82) is 0 Å². The number of ether oxygens (including phenoxy) is 1. The van der Waals surface area contributed by atoms with Crippen LogP contribution in [0.5, 0.6) is 11.5 Å². The fraction of sp³-hybridized carbons (Fsp3) is 0. The number of furan rings is 2. The predicted octanol–water partition coefficient (Wildman–Crippen LogP) is 15.1. The Balaban J connectivity index is 0.980. The number of hydrogen-bond acceptors (Lipinski definition) is 4. The van der Waals surface area contributed by atoms with Crippen LogP contribution in [0.15, 0.2) is 215 Å². The van der Waals surface area contributed by atoms with Crippen molar-refractivity contribution in [3.05, 3.63) is 213 Å². The van der Waals surface area contributed by atoms with Crippen LogP contribution < -0.4 is 9.30 Å². The number of aromatic nitrogens is 4. The highest BCUT2D eigenvalue weighted by atomic mass is 16.5. The first kappa shape index (κ1) is 36.2. The minimum Gasteiger partial charge on any atom is -0.458 e. The molecule has 7 heteroatoms. The monoisotopic (exact) mass is 858 g/mol. The zero-order valence-electron chi connectivity index (χ0n) is 35.6. The first-order valence-electron chi connectivity index (χ1n) is 22.4. The molecule has 0 N–H and O–H groups in total. The maximum absolute atomic E-state index is 6.99. The van der Waals surface area contributed by atoms with Gasteiger partial charge in [-0.1, -0.05) is 121 Å². The molecular weight excluding hydrogens is 825 g/mol. The van der Waals surface area contributed by atoms with Gasteiger partial charge in [0.1, 0.15) is 39.6 Å². The molecule has 0 spiro atoms. The van der Waals surface area contributed by atoms with Crippen molar-refractivity contribution in [2.45, 2.75) is 0 Å². The van der Waals surface area contributed by atoms with Crippen LogP contribution in [0.1, 0.15) is 0 Å². The van der Waals surface area contributed by atoms with E-state index in [0.29, 0.717) is 17.1 Å². The van der Waals surface area contributed by atoms with E-state index in [0.717, 1.165) is 116 Å². The number of pyridine rings is 1. The minimum atomic E-state index is 0.638. The number of nitrogens with zero attached hydrogens (tertiary/aromatic N) is 4. The fourth-order valence-corrected chi connectivity index (χ4v) is 10.7. The highest BCUT2D eigenvalue weighted by Gasteiger charge is 2.27. The molecule has 0 aliphatic carbocycles. The highest BCUT2D eigenvalue weighted by molar-refractivity contribution is 6.33. The first-order valence-corrected chi connectivity index (χ1v) is 22.4. The number of fused-ring (bicyclic) bond motifs is 4. The lowest BCUT2D eigenvalue weighted by atomic mass is 9.95. The maximum atomic E-state index is 6.99. The summed E-state index contributed by atoms with van der Waals surface area (Å²) in [5.41, 5.74) is 15.9. The Morgan fingerprint density at radius 1 is 0.448 bits per heavy atom. The van der Waals surface area contributed by atoms with Gasteiger partial charge in [0.2, 0.25) is 0 Å². The van der Waals surface area contributed by atoms with E-state index in [-0.39, 0.29) is 0 Å². The lowest BCUT2D eigenvalue weighted by molar-refractivity contribution is -0.570. The van der Waals surface area contributed by atoms with Gasteiger partial charge in [-0.05, 0) is 100 Å². The normalized spacial score (nSPS) is 12.2. The number of benzene rings is 9. The largest absolute Gasteiger partial charge is 0.458 e. The highest BCUT2D eigenvalue weighted by Crippen LogP contribution is 2.47. The van der Waals surface area contributed by atoms with Crippen LogP contribution in [0, 0.1) is 6.33 Å². The van der Waals surface area contributed by atoms with E-state index in [9.17, 15) is 0 Å². The Bertz CT molecular complexity index is 4340. The van der Waals surface area contributed by atoms with Crippen molar-refractivity contribution in [2.24, 2.45) is 0 Å². The molecule has 312 valence electrons. The van der Waals surface area contributed by atoms with E-state index < -0.39 is 0 Å². The molecule has 0 radical (unpaired) electrons. The summed E-state index contributed by atoms with van der Waals surface area (Å²) in [5.74, 6) is 2.16. The van der Waals surface area contributed by atoms with Crippen molar-refractivity contribution < 1.29 is 18.1 Å². The molecule has 6 heterocycles. The first-order chi connectivity index (χ1) is 33.2. The van der Waals surface area contributed by atoms with Crippen LogP contribution in [-0.2, 0) is 0 Å². The Morgan fingerprint density at radius 2 is 1.10 bits per heavy atom. The van der Waals surface area contributed by atoms with Crippen LogP contribution in [0.4, 0.5) is 0 Å². The summed E-state index contributed by atoms with van der Waals surface area (Å²) >= 11 is 0. The van der Waals surface area contributed by atoms with Crippen molar-refractivity contribution in [3.8, 4) is 56.4 Å². The number of hydrogen-bond donors (Lipinski definition) is 0. The molecule has 0 fully saturated rings. The van der Waals surface area contributed by atoms with Gasteiger partial charge in [0.05, 0.1) is 33.3 Å². The van der Waals surface area contributed by atoms with Gasteiger partial charge in [0, 0.05) is 50.6 Å². The summed E-state index contributed by atoms with van der Waals surface area (Å²) in [6.45, 7) is 0. The van der Waals surface area contributed by atoms with Crippen molar-refractivity contribution in [3.63, 3.8) is 0 Å². The Morgan fingerprint density at radius 3 is 1.84 bits per heavy atom. The number of imidazole rings is 1. The Hall–Kier alpha value is -9.20. The van der Waals surface area contributed by atoms with Gasteiger partial charge in [-0.2, -0.15) is 0 Å². The molecule has 6 aromatic heterocycles. The molecule has 15 aromatic rings. The van der Waals surface area contributed by atoms with Gasteiger partial charge in [0.25, 0.3) is 6.33 Å². The molecule has 0 bridgehead atoms. The Labute approximate surface area is 381 Å². The predicted molar refractivity (Wildman–Crippen MR) is 267 cm³/mol. The van der Waals surface area contributed by atoms with E-state index in [1.54, 1.807) is 0 Å². The van der Waals surface area contributed by atoms with Gasteiger partial charge < -0.3 is 13.6 Å². The molecule has 15 rings (SSSR count). The molecule has 0 aliphatic heterocycles. The molecule has 7 nitrogen and oxygen atoms in total. The number of para-hydroxylation sites is 1. The van der Waals surface area contributed by atoms with Crippen LogP contribution in [0.25, 0.3) is 127 Å². The van der Waals surface area contributed by atoms with Crippen molar-refractivity contribution in [2.75, 3.05) is 0 Å². The molecule has 0 unspecified atom stereocenters. The number of rotatable bonds is 7. The molecule has 0 aliphatic rings. The van der Waals surface area contributed by atoms with E-state index in [1.165, 1.54) is 5.56 Å². The van der Waals surface area contributed by atoms with Gasteiger partial charge in [-0.15, -0.1) is 0 Å². The molecule has 9 aromatic carbocycles. The summed E-state index contributed by atoms with van der Waals surface area (Å²) in [6, 6.07) is 69.7. The van der Waals surface area contributed by atoms with E-state index in [1.807, 2.05) is 42.6 Å². The standard InChI is InChI=1S/C60H34N4O3/c1-4-13-36(14-5-1)39-22-25-46-45(31-39)44-24-23-40(32-48(44)64(46)54-21-10-11-30-61-54)65-41-33-49-55-53(34-41)67-50-28-29-51-57(56(50)55)58-52(66-51)27-26-47-60(58)63(49)35-62(47)59-42(37-15-6-2-7-16-37)19-12-20-43(59)38-17-8-3-9-18-38/h1-34H. The quantitative estimate of drug-likeness (QED) is 0.118. The third-order valence-electron chi connectivity index (χ3n) is 13.5. The van der Waals surface area contributed by atoms with Crippen LogP contribution in [0.2, 0.25) is 0 Å². The van der Waals surface area contributed by atoms with Crippen molar-refractivity contribution in [1.82, 2.24) is 14.0 Å². The van der Waals surface area contributed by atoms with Crippen LogP contribution in [0.3, 0.4) is 0 Å². The van der Waals surface area contributed by atoms with Gasteiger partial charge in [0.15, 0.2) is 0 Å². The van der Waals surface area contributed by atoms with Gasteiger partial charge in [-0.3, -0.25) is 13.5 Å². The summed E-state index contributed by atoms with van der Waals surface area (Å²) in [4.78, 5) is 4.82. The smallest absolute Gasteiger partial charge is 0.269 e. The average molecular weight is 859 g/mol. The molecule has 0 atom stereocenters. The van der Waals surface area contributed by atoms with Crippen LogP contribution in [-0.4, -0.2) is 14.0 Å². The lowest BCUT2D eigenvalue weighted by Crippen LogP contribution is -2.31. The molecule has 67 heavy (non-hydrogen) atoms. The van der Waals surface area contributed by atoms with E-state index >= 15 is 0 Å². The zero-order chi connectivity index (χ0) is 43.7. The topological polar surface area (TPSA) is 61.6 Å². The third kappa shape index (κ3) is 5.22. The van der Waals surface area contributed by atoms with Gasteiger partial charge >= 0.3 is 0 Å². The second-order valence-corrected chi connectivity index (χ2v) is 17.2. The van der Waals surface area contributed by atoms with Crippen LogP contribution >= 0.6 is 0 Å². The SMILES string of the molecule is [c-]1n2c3cc(Oc4ccc5c6cc(-c7ccccc7)ccc6n(-c6ccccn6)c5c4)cc4oc5ccc6oc7ccc(c2c7c6c5c43)[n+]1-c1c(-c2ccccc2)cccc1-c1ccccc1. The summed E-state index contributed by atoms with van der Waals surface area (Å²) < 4.78 is 27.0. The summed E-state index contributed by atoms with van der Waals surface area (Å²) in [5, 5.41) is 6.31. The molecular formula is C60H34N4O3. The van der Waals surface area contributed by atoms with E-state index in [2.05, 4.69) is 184 Å². The average Bonchev–Trinajstić information content (AvgIpc) is 4.13. The second kappa shape index (κ2) is 13.7. The summed E-state index contributed by atoms with van der Waals surface area (Å²) in [6.07, 6.45) is 5.77. The molecule has 0 saturated heterocycles.